The lowest BCUT2D eigenvalue weighted by Gasteiger charge is -2.20. The van der Waals surface area contributed by atoms with Gasteiger partial charge in [-0.2, -0.15) is 0 Å². The Kier molecular flexibility index (Phi) is 5.26. The van der Waals surface area contributed by atoms with Crippen LogP contribution in [0.25, 0.3) is 0 Å². The molecule has 0 aliphatic carbocycles. The van der Waals surface area contributed by atoms with Crippen LogP contribution >= 0.6 is 0 Å². The SMILES string of the molecule is CCNCC(C)C(C)c1cncc(OC)c1. The summed E-state index contributed by atoms with van der Waals surface area (Å²) in [5.41, 5.74) is 1.24. The number of hydrogen-bond donors (Lipinski definition) is 1. The van der Waals surface area contributed by atoms with E-state index in [1.165, 1.54) is 5.56 Å². The van der Waals surface area contributed by atoms with Crippen molar-refractivity contribution in [2.75, 3.05) is 20.2 Å². The van der Waals surface area contributed by atoms with Crippen molar-refractivity contribution in [1.82, 2.24) is 10.3 Å². The van der Waals surface area contributed by atoms with Gasteiger partial charge in [-0.25, -0.2) is 0 Å². The predicted octanol–water partition coefficient (Wildman–Crippen LogP) is 2.44. The van der Waals surface area contributed by atoms with Crippen molar-refractivity contribution in [3.63, 3.8) is 0 Å². The number of nitrogens with one attached hydrogen (secondary N) is 1. The fraction of sp³-hybridized carbons (Fsp3) is 0.615. The highest BCUT2D eigenvalue weighted by Crippen LogP contribution is 2.25. The molecule has 3 nitrogen and oxygen atoms in total. The van der Waals surface area contributed by atoms with Crippen LogP contribution < -0.4 is 10.1 Å². The van der Waals surface area contributed by atoms with Crippen molar-refractivity contribution < 1.29 is 4.74 Å². The van der Waals surface area contributed by atoms with Gasteiger partial charge in [0.1, 0.15) is 5.75 Å². The Morgan fingerprint density at radius 2 is 2.12 bits per heavy atom. The number of methoxy groups -OCH3 is 1. The molecule has 0 radical (unpaired) electrons. The van der Waals surface area contributed by atoms with Gasteiger partial charge in [0.25, 0.3) is 0 Å². The van der Waals surface area contributed by atoms with Crippen molar-refractivity contribution in [2.45, 2.75) is 26.7 Å². The zero-order chi connectivity index (χ0) is 12.0. The van der Waals surface area contributed by atoms with Gasteiger partial charge in [-0.05, 0) is 36.6 Å². The average molecular weight is 222 g/mol. The number of nitrogens with zero attached hydrogens (tertiary/aromatic N) is 1. The molecule has 0 aliphatic heterocycles. The average Bonchev–Trinajstić information content (AvgIpc) is 2.35. The maximum atomic E-state index is 5.19. The lowest BCUT2D eigenvalue weighted by molar-refractivity contribution is 0.408. The molecule has 1 aromatic rings. The van der Waals surface area contributed by atoms with Crippen LogP contribution in [0.1, 0.15) is 32.3 Å². The second-order valence-electron chi connectivity index (χ2n) is 4.23. The van der Waals surface area contributed by atoms with Crippen molar-refractivity contribution in [1.29, 1.82) is 0 Å². The molecule has 2 unspecified atom stereocenters. The summed E-state index contributed by atoms with van der Waals surface area (Å²) < 4.78 is 5.19. The quantitative estimate of drug-likeness (QED) is 0.802. The van der Waals surface area contributed by atoms with Crippen LogP contribution in [0.5, 0.6) is 5.75 Å². The van der Waals surface area contributed by atoms with E-state index in [0.29, 0.717) is 11.8 Å². The summed E-state index contributed by atoms with van der Waals surface area (Å²) in [6, 6.07) is 2.07. The van der Waals surface area contributed by atoms with E-state index in [9.17, 15) is 0 Å². The van der Waals surface area contributed by atoms with Gasteiger partial charge in [-0.15, -0.1) is 0 Å². The highest BCUT2D eigenvalue weighted by molar-refractivity contribution is 5.26. The summed E-state index contributed by atoms with van der Waals surface area (Å²) in [4.78, 5) is 4.19. The summed E-state index contributed by atoms with van der Waals surface area (Å²) in [5, 5.41) is 3.38. The largest absolute Gasteiger partial charge is 0.495 e. The minimum absolute atomic E-state index is 0.488. The molecule has 0 saturated carbocycles. The number of ether oxygens (including phenoxy) is 1. The summed E-state index contributed by atoms with van der Waals surface area (Å²) in [6.07, 6.45) is 3.67. The fourth-order valence-corrected chi connectivity index (χ4v) is 1.67. The minimum Gasteiger partial charge on any atom is -0.495 e. The van der Waals surface area contributed by atoms with Crippen LogP contribution in [0.4, 0.5) is 0 Å². The molecule has 0 aliphatic rings. The van der Waals surface area contributed by atoms with Crippen LogP contribution in [0.3, 0.4) is 0 Å². The maximum absolute atomic E-state index is 5.19. The lowest BCUT2D eigenvalue weighted by atomic mass is 9.90. The first-order chi connectivity index (χ1) is 7.69. The van der Waals surface area contributed by atoms with E-state index in [2.05, 4.69) is 37.1 Å². The molecule has 1 N–H and O–H groups in total. The third-order valence-electron chi connectivity index (χ3n) is 3.07. The van der Waals surface area contributed by atoms with Crippen LogP contribution in [-0.2, 0) is 0 Å². The molecule has 2 atom stereocenters. The molecule has 3 heteroatoms. The van der Waals surface area contributed by atoms with E-state index in [4.69, 9.17) is 4.74 Å². The third-order valence-corrected chi connectivity index (χ3v) is 3.07. The zero-order valence-corrected chi connectivity index (χ0v) is 10.7. The van der Waals surface area contributed by atoms with E-state index in [-0.39, 0.29) is 0 Å². The first kappa shape index (κ1) is 13.0. The molecule has 1 aromatic heterocycles. The Labute approximate surface area is 98.2 Å². The molecule has 1 rings (SSSR count). The van der Waals surface area contributed by atoms with E-state index < -0.39 is 0 Å². The van der Waals surface area contributed by atoms with Gasteiger partial charge in [-0.1, -0.05) is 20.8 Å². The second kappa shape index (κ2) is 6.48. The highest BCUT2D eigenvalue weighted by Gasteiger charge is 2.14. The Morgan fingerprint density at radius 3 is 2.75 bits per heavy atom. The van der Waals surface area contributed by atoms with E-state index in [0.717, 1.165) is 18.8 Å². The standard InChI is InChI=1S/C13H22N2O/c1-5-14-7-10(2)11(3)12-6-13(16-4)9-15-8-12/h6,8-11,14H,5,7H2,1-4H3. The van der Waals surface area contributed by atoms with Gasteiger partial charge in [0, 0.05) is 6.20 Å². The summed E-state index contributed by atoms with van der Waals surface area (Å²) >= 11 is 0. The molecule has 0 spiro atoms. The van der Waals surface area contributed by atoms with Gasteiger partial charge in [0.15, 0.2) is 0 Å². The smallest absolute Gasteiger partial charge is 0.137 e. The molecule has 0 bridgehead atoms. The van der Waals surface area contributed by atoms with Gasteiger partial charge in [0.05, 0.1) is 13.3 Å². The Hall–Kier alpha value is -1.09. The molecule has 0 aromatic carbocycles. The van der Waals surface area contributed by atoms with Crippen molar-refractivity contribution in [3.8, 4) is 5.75 Å². The molecular weight excluding hydrogens is 200 g/mol. The summed E-state index contributed by atoms with van der Waals surface area (Å²) in [7, 11) is 1.67. The van der Waals surface area contributed by atoms with Gasteiger partial charge >= 0.3 is 0 Å². The first-order valence-electron chi connectivity index (χ1n) is 5.88. The van der Waals surface area contributed by atoms with E-state index >= 15 is 0 Å². The van der Waals surface area contributed by atoms with Gasteiger partial charge in [0.2, 0.25) is 0 Å². The number of pyridine rings is 1. The summed E-state index contributed by atoms with van der Waals surface area (Å²) in [5.74, 6) is 1.91. The molecule has 0 fully saturated rings. The molecule has 0 saturated heterocycles. The lowest BCUT2D eigenvalue weighted by Crippen LogP contribution is -2.24. The Balaban J connectivity index is 2.67. The number of hydrogen-bond acceptors (Lipinski definition) is 3. The summed E-state index contributed by atoms with van der Waals surface area (Å²) in [6.45, 7) is 8.68. The molecule has 0 amide bonds. The monoisotopic (exact) mass is 222 g/mol. The maximum Gasteiger partial charge on any atom is 0.137 e. The second-order valence-corrected chi connectivity index (χ2v) is 4.23. The Bertz CT molecular complexity index is 315. The molecular formula is C13H22N2O. The van der Waals surface area contributed by atoms with Gasteiger partial charge < -0.3 is 10.1 Å². The predicted molar refractivity (Wildman–Crippen MR) is 66.9 cm³/mol. The molecule has 16 heavy (non-hydrogen) atoms. The third kappa shape index (κ3) is 3.49. The molecule has 90 valence electrons. The highest BCUT2D eigenvalue weighted by atomic mass is 16.5. The van der Waals surface area contributed by atoms with Crippen molar-refractivity contribution >= 4 is 0 Å². The van der Waals surface area contributed by atoms with Crippen molar-refractivity contribution in [2.24, 2.45) is 5.92 Å². The number of rotatable bonds is 6. The van der Waals surface area contributed by atoms with Crippen LogP contribution in [-0.4, -0.2) is 25.2 Å². The van der Waals surface area contributed by atoms with Crippen LogP contribution in [0.2, 0.25) is 0 Å². The minimum atomic E-state index is 0.488. The van der Waals surface area contributed by atoms with Crippen LogP contribution in [0, 0.1) is 5.92 Å². The number of aromatic nitrogens is 1. The first-order valence-corrected chi connectivity index (χ1v) is 5.88. The van der Waals surface area contributed by atoms with Gasteiger partial charge in [-0.3, -0.25) is 4.98 Å². The zero-order valence-electron chi connectivity index (χ0n) is 10.7. The van der Waals surface area contributed by atoms with E-state index in [1.54, 1.807) is 13.3 Å². The fourth-order valence-electron chi connectivity index (χ4n) is 1.67. The molecule has 1 heterocycles. The topological polar surface area (TPSA) is 34.2 Å². The van der Waals surface area contributed by atoms with E-state index in [1.807, 2.05) is 6.20 Å². The van der Waals surface area contributed by atoms with Crippen LogP contribution in [0.15, 0.2) is 18.5 Å². The normalized spacial score (nSPS) is 14.5. The Morgan fingerprint density at radius 1 is 1.38 bits per heavy atom. The van der Waals surface area contributed by atoms with Crippen molar-refractivity contribution in [3.05, 3.63) is 24.0 Å².